The summed E-state index contributed by atoms with van der Waals surface area (Å²) in [6, 6.07) is 7.20. The minimum atomic E-state index is -0.186. The van der Waals surface area contributed by atoms with Gasteiger partial charge in [0.05, 0.1) is 5.69 Å². The Morgan fingerprint density at radius 3 is 3.00 bits per heavy atom. The van der Waals surface area contributed by atoms with E-state index in [2.05, 4.69) is 10.3 Å². The molecule has 0 aliphatic rings. The van der Waals surface area contributed by atoms with E-state index < -0.39 is 0 Å². The second-order valence-corrected chi connectivity index (χ2v) is 3.80. The van der Waals surface area contributed by atoms with Gasteiger partial charge in [0.15, 0.2) is 11.4 Å². The monoisotopic (exact) mass is 230 g/mol. The third-order valence-electron chi connectivity index (χ3n) is 2.47. The van der Waals surface area contributed by atoms with Crippen molar-refractivity contribution >= 4 is 5.65 Å². The molecular weight excluding hydrogens is 220 g/mol. The molecule has 3 rings (SSSR count). The van der Waals surface area contributed by atoms with Crippen molar-refractivity contribution in [1.82, 2.24) is 19.3 Å². The van der Waals surface area contributed by atoms with E-state index in [1.807, 2.05) is 13.0 Å². The highest BCUT2D eigenvalue weighted by molar-refractivity contribution is 5.35. The van der Waals surface area contributed by atoms with Gasteiger partial charge in [0.1, 0.15) is 6.54 Å². The number of fused-ring (bicyclic) bond motifs is 1. The smallest absolute Gasteiger partial charge is 0.350 e. The van der Waals surface area contributed by atoms with Gasteiger partial charge in [-0.3, -0.25) is 4.40 Å². The molecule has 0 spiro atoms. The molecular formula is C11H10N4O2. The standard InChI is InChI=1S/C11H10N4O2/c1-8-6-9(17-13-8)7-15-11(16)14-5-3-2-4-10(14)12-15/h2-6H,7H2,1H3. The van der Waals surface area contributed by atoms with E-state index in [4.69, 9.17) is 4.52 Å². The van der Waals surface area contributed by atoms with Gasteiger partial charge in [-0.15, -0.1) is 5.10 Å². The van der Waals surface area contributed by atoms with Gasteiger partial charge < -0.3 is 4.52 Å². The molecule has 0 aromatic carbocycles. The molecule has 0 fully saturated rings. The molecule has 0 radical (unpaired) electrons. The summed E-state index contributed by atoms with van der Waals surface area (Å²) in [6.07, 6.45) is 1.69. The van der Waals surface area contributed by atoms with Gasteiger partial charge in [-0.2, -0.15) is 0 Å². The van der Waals surface area contributed by atoms with Crippen molar-refractivity contribution in [2.24, 2.45) is 0 Å². The van der Waals surface area contributed by atoms with Crippen molar-refractivity contribution in [2.45, 2.75) is 13.5 Å². The lowest BCUT2D eigenvalue weighted by molar-refractivity contribution is 0.366. The zero-order valence-corrected chi connectivity index (χ0v) is 9.20. The highest BCUT2D eigenvalue weighted by Gasteiger charge is 2.08. The largest absolute Gasteiger partial charge is 0.359 e. The summed E-state index contributed by atoms with van der Waals surface area (Å²) in [5.74, 6) is 0.619. The molecule has 0 saturated carbocycles. The van der Waals surface area contributed by atoms with Crippen LogP contribution >= 0.6 is 0 Å². The van der Waals surface area contributed by atoms with Crippen LogP contribution in [0, 0.1) is 6.92 Å². The number of pyridine rings is 1. The maximum atomic E-state index is 11.9. The second-order valence-electron chi connectivity index (χ2n) is 3.80. The quantitative estimate of drug-likeness (QED) is 0.654. The molecule has 0 unspecified atom stereocenters. The van der Waals surface area contributed by atoms with E-state index in [9.17, 15) is 4.79 Å². The normalized spacial score (nSPS) is 11.1. The molecule has 3 heterocycles. The predicted octanol–water partition coefficient (Wildman–Crippen LogP) is 0.841. The first kappa shape index (κ1) is 9.83. The topological polar surface area (TPSA) is 65.3 Å². The van der Waals surface area contributed by atoms with Crippen LogP contribution < -0.4 is 5.69 Å². The van der Waals surface area contributed by atoms with Gasteiger partial charge in [0.25, 0.3) is 0 Å². The average Bonchev–Trinajstić information content (AvgIpc) is 2.86. The Kier molecular flexibility index (Phi) is 2.07. The van der Waals surface area contributed by atoms with E-state index in [1.165, 1.54) is 9.08 Å². The Morgan fingerprint density at radius 2 is 2.29 bits per heavy atom. The maximum absolute atomic E-state index is 11.9. The van der Waals surface area contributed by atoms with Crippen LogP contribution in [-0.4, -0.2) is 19.3 Å². The zero-order chi connectivity index (χ0) is 11.8. The predicted molar refractivity (Wildman–Crippen MR) is 59.8 cm³/mol. The Balaban J connectivity index is 2.06. The Bertz CT molecular complexity index is 722. The van der Waals surface area contributed by atoms with Crippen molar-refractivity contribution in [3.05, 3.63) is 52.4 Å². The summed E-state index contributed by atoms with van der Waals surface area (Å²) in [5, 5.41) is 7.97. The number of aryl methyl sites for hydroxylation is 1. The van der Waals surface area contributed by atoms with Gasteiger partial charge >= 0.3 is 5.69 Å². The van der Waals surface area contributed by atoms with Crippen LogP contribution in [0.5, 0.6) is 0 Å². The molecule has 0 aliphatic carbocycles. The SMILES string of the molecule is Cc1cc(Cn2nc3ccccn3c2=O)on1. The van der Waals surface area contributed by atoms with Crippen molar-refractivity contribution in [2.75, 3.05) is 0 Å². The van der Waals surface area contributed by atoms with E-state index in [0.717, 1.165) is 5.69 Å². The molecule has 3 aromatic rings. The molecule has 86 valence electrons. The van der Waals surface area contributed by atoms with Crippen molar-refractivity contribution < 1.29 is 4.52 Å². The molecule has 17 heavy (non-hydrogen) atoms. The summed E-state index contributed by atoms with van der Waals surface area (Å²) < 4.78 is 7.91. The van der Waals surface area contributed by atoms with Crippen molar-refractivity contribution in [3.8, 4) is 0 Å². The molecule has 0 saturated heterocycles. The highest BCUT2D eigenvalue weighted by atomic mass is 16.5. The fourth-order valence-corrected chi connectivity index (χ4v) is 1.71. The maximum Gasteiger partial charge on any atom is 0.350 e. The Hall–Kier alpha value is -2.37. The molecule has 0 amide bonds. The minimum absolute atomic E-state index is 0.186. The first-order valence-electron chi connectivity index (χ1n) is 5.20. The second kappa shape index (κ2) is 3.58. The third-order valence-corrected chi connectivity index (χ3v) is 2.47. The lowest BCUT2D eigenvalue weighted by Gasteiger charge is -1.92. The molecule has 6 heteroatoms. The van der Waals surface area contributed by atoms with Crippen LogP contribution in [0.15, 0.2) is 39.8 Å². The number of nitrogens with zero attached hydrogens (tertiary/aromatic N) is 4. The van der Waals surface area contributed by atoms with Gasteiger partial charge in [0.2, 0.25) is 0 Å². The first-order chi connectivity index (χ1) is 8.24. The zero-order valence-electron chi connectivity index (χ0n) is 9.20. The fourth-order valence-electron chi connectivity index (χ4n) is 1.71. The lowest BCUT2D eigenvalue weighted by Crippen LogP contribution is -2.21. The van der Waals surface area contributed by atoms with Crippen LogP contribution in [0.3, 0.4) is 0 Å². The van der Waals surface area contributed by atoms with Gasteiger partial charge in [0, 0.05) is 12.3 Å². The Morgan fingerprint density at radius 1 is 1.41 bits per heavy atom. The van der Waals surface area contributed by atoms with E-state index in [0.29, 0.717) is 18.0 Å². The molecule has 0 bridgehead atoms. The summed E-state index contributed by atoms with van der Waals surface area (Å²) in [7, 11) is 0. The summed E-state index contributed by atoms with van der Waals surface area (Å²) >= 11 is 0. The van der Waals surface area contributed by atoms with Gasteiger partial charge in [-0.05, 0) is 19.1 Å². The summed E-state index contributed by atoms with van der Waals surface area (Å²) in [4.78, 5) is 11.9. The summed E-state index contributed by atoms with van der Waals surface area (Å²) in [6.45, 7) is 2.13. The fraction of sp³-hybridized carbons (Fsp3) is 0.182. The first-order valence-corrected chi connectivity index (χ1v) is 5.20. The van der Waals surface area contributed by atoms with Crippen LogP contribution in [0.1, 0.15) is 11.5 Å². The number of hydrogen-bond donors (Lipinski definition) is 0. The molecule has 3 aromatic heterocycles. The molecule has 0 aliphatic heterocycles. The van der Waals surface area contributed by atoms with E-state index >= 15 is 0 Å². The number of hydrogen-bond acceptors (Lipinski definition) is 4. The van der Waals surface area contributed by atoms with E-state index in [1.54, 1.807) is 24.4 Å². The van der Waals surface area contributed by atoms with Crippen molar-refractivity contribution in [3.63, 3.8) is 0 Å². The minimum Gasteiger partial charge on any atom is -0.359 e. The van der Waals surface area contributed by atoms with E-state index in [-0.39, 0.29) is 5.69 Å². The lowest BCUT2D eigenvalue weighted by atomic mass is 10.4. The number of aromatic nitrogens is 4. The van der Waals surface area contributed by atoms with Crippen LogP contribution in [0.2, 0.25) is 0 Å². The molecule has 6 nitrogen and oxygen atoms in total. The van der Waals surface area contributed by atoms with Crippen molar-refractivity contribution in [1.29, 1.82) is 0 Å². The van der Waals surface area contributed by atoms with Gasteiger partial charge in [-0.1, -0.05) is 11.2 Å². The highest BCUT2D eigenvalue weighted by Crippen LogP contribution is 2.03. The molecule has 0 N–H and O–H groups in total. The third kappa shape index (κ3) is 1.63. The van der Waals surface area contributed by atoms with Gasteiger partial charge in [-0.25, -0.2) is 9.48 Å². The summed E-state index contributed by atoms with van der Waals surface area (Å²) in [5.41, 5.74) is 1.22. The van der Waals surface area contributed by atoms with Crippen LogP contribution in [0.4, 0.5) is 0 Å². The van der Waals surface area contributed by atoms with Crippen LogP contribution in [0.25, 0.3) is 5.65 Å². The van der Waals surface area contributed by atoms with Crippen LogP contribution in [-0.2, 0) is 6.54 Å². The molecule has 0 atom stereocenters. The number of rotatable bonds is 2. The average molecular weight is 230 g/mol. The Labute approximate surface area is 96.1 Å².